The highest BCUT2D eigenvalue weighted by molar-refractivity contribution is 7.11. The number of nitrogens with one attached hydrogen (secondary N) is 1. The molecule has 0 saturated carbocycles. The molecule has 4 rings (SSSR count). The molecule has 2 aromatic heterocycles. The number of carbonyl (C=O) groups is 1. The third kappa shape index (κ3) is 4.24. The molecule has 3 heterocycles. The van der Waals surface area contributed by atoms with Crippen LogP contribution in [0.15, 0.2) is 4.52 Å². The second-order valence-electron chi connectivity index (χ2n) is 7.84. The van der Waals surface area contributed by atoms with Crippen LogP contribution in [0.4, 0.5) is 0 Å². The van der Waals surface area contributed by atoms with Gasteiger partial charge in [0.1, 0.15) is 16.3 Å². The van der Waals surface area contributed by atoms with Crippen LogP contribution in [0.5, 0.6) is 0 Å². The predicted molar refractivity (Wildman–Crippen MR) is 105 cm³/mol. The second kappa shape index (κ2) is 8.10. The number of hydrogen-bond donors (Lipinski definition) is 1. The molecule has 6 nitrogen and oxygen atoms in total. The van der Waals surface area contributed by atoms with Gasteiger partial charge in [-0.1, -0.05) is 5.16 Å². The molecule has 0 radical (unpaired) electrons. The number of fused-ring (bicyclic) bond motifs is 1. The summed E-state index contributed by atoms with van der Waals surface area (Å²) in [4.78, 5) is 21.3. The van der Waals surface area contributed by atoms with Gasteiger partial charge in [0.15, 0.2) is 0 Å². The summed E-state index contributed by atoms with van der Waals surface area (Å²) in [6, 6.07) is 0. The quantitative estimate of drug-likeness (QED) is 0.851. The minimum Gasteiger partial charge on any atom is -0.361 e. The Morgan fingerprint density at radius 2 is 2.15 bits per heavy atom. The fraction of sp³-hybridized carbons (Fsp3) is 0.650. The molecule has 1 unspecified atom stereocenters. The third-order valence-electron chi connectivity index (χ3n) is 5.66. The van der Waals surface area contributed by atoms with Gasteiger partial charge in [-0.2, -0.15) is 0 Å². The lowest BCUT2D eigenvalue weighted by atomic mass is 9.98. The number of likely N-dealkylation sites (tertiary alicyclic amines) is 1. The SMILES string of the molecule is Cc1noc(C)c1C(=O)NCC1CCCN(Cc2nc3c(s2)CCCC3)C1. The molecular formula is C20H28N4O2S. The van der Waals surface area contributed by atoms with Crippen LogP contribution in [0.25, 0.3) is 0 Å². The number of amides is 1. The Morgan fingerprint density at radius 1 is 1.30 bits per heavy atom. The lowest BCUT2D eigenvalue weighted by molar-refractivity contribution is 0.0928. The zero-order valence-electron chi connectivity index (χ0n) is 16.2. The van der Waals surface area contributed by atoms with E-state index in [1.165, 1.54) is 41.3 Å². The number of rotatable bonds is 5. The van der Waals surface area contributed by atoms with Gasteiger partial charge >= 0.3 is 0 Å². The summed E-state index contributed by atoms with van der Waals surface area (Å²) in [5.74, 6) is 0.997. The van der Waals surface area contributed by atoms with E-state index in [1.807, 2.05) is 11.3 Å². The minimum absolute atomic E-state index is 0.0732. The van der Waals surface area contributed by atoms with Gasteiger partial charge in [0.25, 0.3) is 5.91 Å². The van der Waals surface area contributed by atoms with Gasteiger partial charge in [0, 0.05) is 18.0 Å². The van der Waals surface area contributed by atoms with E-state index in [9.17, 15) is 4.79 Å². The maximum absolute atomic E-state index is 12.4. The number of hydrogen-bond acceptors (Lipinski definition) is 6. The summed E-state index contributed by atoms with van der Waals surface area (Å²) >= 11 is 1.91. The maximum Gasteiger partial charge on any atom is 0.256 e. The van der Waals surface area contributed by atoms with E-state index in [2.05, 4.69) is 15.4 Å². The van der Waals surface area contributed by atoms with Crippen molar-refractivity contribution in [3.05, 3.63) is 32.6 Å². The van der Waals surface area contributed by atoms with Crippen molar-refractivity contribution in [3.8, 4) is 0 Å². The Kier molecular flexibility index (Phi) is 5.59. The van der Waals surface area contributed by atoms with Gasteiger partial charge in [-0.15, -0.1) is 11.3 Å². The van der Waals surface area contributed by atoms with Crippen LogP contribution in [0.2, 0.25) is 0 Å². The van der Waals surface area contributed by atoms with E-state index in [0.717, 1.165) is 32.5 Å². The standard InChI is InChI=1S/C20H28N4O2S/c1-13-19(14(2)26-23-13)20(25)21-10-15-6-5-9-24(11-15)12-18-22-16-7-3-4-8-17(16)27-18/h15H,3-12H2,1-2H3,(H,21,25). The van der Waals surface area contributed by atoms with Crippen molar-refractivity contribution in [1.82, 2.24) is 20.4 Å². The average molecular weight is 389 g/mol. The molecule has 27 heavy (non-hydrogen) atoms. The first kappa shape index (κ1) is 18.6. The van der Waals surface area contributed by atoms with Gasteiger partial charge in [0.2, 0.25) is 0 Å². The number of carbonyl (C=O) groups excluding carboxylic acids is 1. The van der Waals surface area contributed by atoms with Gasteiger partial charge < -0.3 is 9.84 Å². The van der Waals surface area contributed by atoms with Crippen molar-refractivity contribution < 1.29 is 9.32 Å². The number of thiazole rings is 1. The smallest absolute Gasteiger partial charge is 0.256 e. The van der Waals surface area contributed by atoms with Crippen LogP contribution in [0.3, 0.4) is 0 Å². The van der Waals surface area contributed by atoms with E-state index < -0.39 is 0 Å². The third-order valence-corrected chi connectivity index (χ3v) is 6.81. The lowest BCUT2D eigenvalue weighted by Crippen LogP contribution is -2.40. The van der Waals surface area contributed by atoms with Gasteiger partial charge in [-0.3, -0.25) is 9.69 Å². The van der Waals surface area contributed by atoms with Crippen molar-refractivity contribution >= 4 is 17.2 Å². The summed E-state index contributed by atoms with van der Waals surface area (Å²) in [6.07, 6.45) is 7.30. The van der Waals surface area contributed by atoms with Gasteiger partial charge in [-0.05, 0) is 64.8 Å². The normalized spacial score (nSPS) is 20.4. The fourth-order valence-electron chi connectivity index (χ4n) is 4.26. The van der Waals surface area contributed by atoms with Crippen LogP contribution in [-0.2, 0) is 19.4 Å². The fourth-order valence-corrected chi connectivity index (χ4v) is 5.46. The Morgan fingerprint density at radius 3 is 2.93 bits per heavy atom. The lowest BCUT2D eigenvalue weighted by Gasteiger charge is -2.32. The van der Waals surface area contributed by atoms with E-state index in [4.69, 9.17) is 9.51 Å². The molecule has 146 valence electrons. The first-order valence-electron chi connectivity index (χ1n) is 10.0. The zero-order valence-corrected chi connectivity index (χ0v) is 17.0. The summed E-state index contributed by atoms with van der Waals surface area (Å²) in [5.41, 5.74) is 2.58. The minimum atomic E-state index is -0.0732. The first-order chi connectivity index (χ1) is 13.1. The van der Waals surface area contributed by atoms with Crippen LogP contribution in [0, 0.1) is 19.8 Å². The van der Waals surface area contributed by atoms with Gasteiger partial charge in [0.05, 0.1) is 17.9 Å². The molecule has 1 aliphatic heterocycles. The first-order valence-corrected chi connectivity index (χ1v) is 10.8. The van der Waals surface area contributed by atoms with Crippen molar-refractivity contribution in [2.75, 3.05) is 19.6 Å². The molecule has 1 fully saturated rings. The Balaban J connectivity index is 1.30. The molecule has 1 saturated heterocycles. The van der Waals surface area contributed by atoms with Crippen molar-refractivity contribution in [3.63, 3.8) is 0 Å². The highest BCUT2D eigenvalue weighted by atomic mass is 32.1. The van der Waals surface area contributed by atoms with E-state index in [-0.39, 0.29) is 5.91 Å². The molecular weight excluding hydrogens is 360 g/mol. The number of nitrogens with zero attached hydrogens (tertiary/aromatic N) is 3. The topological polar surface area (TPSA) is 71.3 Å². The maximum atomic E-state index is 12.4. The molecule has 1 aliphatic carbocycles. The van der Waals surface area contributed by atoms with Crippen LogP contribution < -0.4 is 5.32 Å². The number of aryl methyl sites for hydroxylation is 4. The largest absolute Gasteiger partial charge is 0.361 e. The molecule has 1 amide bonds. The molecule has 0 spiro atoms. The molecule has 2 aromatic rings. The van der Waals surface area contributed by atoms with Crippen molar-refractivity contribution in [1.29, 1.82) is 0 Å². The van der Waals surface area contributed by atoms with Crippen molar-refractivity contribution in [2.45, 2.75) is 58.9 Å². The zero-order chi connectivity index (χ0) is 18.8. The summed E-state index contributed by atoms with van der Waals surface area (Å²) in [7, 11) is 0. The van der Waals surface area contributed by atoms with Gasteiger partial charge in [-0.25, -0.2) is 4.98 Å². The highest BCUT2D eigenvalue weighted by Gasteiger charge is 2.24. The predicted octanol–water partition coefficient (Wildman–Crippen LogP) is 3.27. The highest BCUT2D eigenvalue weighted by Crippen LogP contribution is 2.28. The molecule has 0 aromatic carbocycles. The Hall–Kier alpha value is -1.73. The number of piperidine rings is 1. The van der Waals surface area contributed by atoms with E-state index in [0.29, 0.717) is 29.5 Å². The summed E-state index contributed by atoms with van der Waals surface area (Å²) in [5, 5.41) is 8.22. The molecule has 1 N–H and O–H groups in total. The molecule has 7 heteroatoms. The van der Waals surface area contributed by atoms with Crippen molar-refractivity contribution in [2.24, 2.45) is 5.92 Å². The van der Waals surface area contributed by atoms with Crippen LogP contribution >= 0.6 is 11.3 Å². The molecule has 2 aliphatic rings. The van der Waals surface area contributed by atoms with E-state index >= 15 is 0 Å². The van der Waals surface area contributed by atoms with Crippen LogP contribution in [-0.4, -0.2) is 40.6 Å². The second-order valence-corrected chi connectivity index (χ2v) is 9.01. The van der Waals surface area contributed by atoms with E-state index in [1.54, 1.807) is 13.8 Å². The Bertz CT molecular complexity index is 770. The molecule has 0 bridgehead atoms. The monoisotopic (exact) mass is 388 g/mol. The van der Waals surface area contributed by atoms with Crippen LogP contribution in [0.1, 0.15) is 63.1 Å². The summed E-state index contributed by atoms with van der Waals surface area (Å²) in [6.45, 7) is 7.39. The summed E-state index contributed by atoms with van der Waals surface area (Å²) < 4.78 is 5.10. The number of aromatic nitrogens is 2. The molecule has 1 atom stereocenters. The average Bonchev–Trinajstić information content (AvgIpc) is 3.22. The Labute approximate surface area is 164 Å².